The molecule has 0 saturated carbocycles. The number of carbonyl (C=O) groups excluding carboxylic acids is 1. The second kappa shape index (κ2) is 10.4. The van der Waals surface area contributed by atoms with Gasteiger partial charge in [-0.2, -0.15) is 0 Å². The highest BCUT2D eigenvalue weighted by Crippen LogP contribution is 2.32. The van der Waals surface area contributed by atoms with E-state index in [1.807, 2.05) is 0 Å². The fourth-order valence-corrected chi connectivity index (χ4v) is 2.71. The summed E-state index contributed by atoms with van der Waals surface area (Å²) in [6.07, 6.45) is 2.69. The van der Waals surface area contributed by atoms with E-state index in [1.165, 1.54) is 44.6 Å². The maximum absolute atomic E-state index is 12.0. The third-order valence-corrected chi connectivity index (χ3v) is 4.34. The molecular formula is C19H18ClN3O5S. The van der Waals surface area contributed by atoms with E-state index in [1.54, 1.807) is 18.2 Å². The molecule has 0 spiro atoms. The number of non-ortho nitro benzene ring substituents is 1. The number of rotatable bonds is 7. The number of nitrogens with one attached hydrogen (secondary N) is 2. The quantitative estimate of drug-likeness (QED) is 0.297. The minimum Gasteiger partial charge on any atom is -0.493 e. The highest BCUT2D eigenvalue weighted by Gasteiger charge is 2.11. The molecular weight excluding hydrogens is 418 g/mol. The standard InChI is InChI=1S/C19H18ClN3O5S/c1-27-16-9-13(15(20)10-17(16)28-2)11-21-19(29)22-18(24)7-6-12-4-3-5-14(8-12)23(25)26/h3-10H,11H2,1-2H3,(H2,21,22,24,29)/b7-6+. The Morgan fingerprint density at radius 3 is 2.59 bits per heavy atom. The van der Waals surface area contributed by atoms with Gasteiger partial charge in [0.2, 0.25) is 5.91 Å². The first kappa shape index (κ1) is 22.1. The van der Waals surface area contributed by atoms with E-state index in [4.69, 9.17) is 33.3 Å². The summed E-state index contributed by atoms with van der Waals surface area (Å²) in [5, 5.41) is 16.7. The Balaban J connectivity index is 1.93. The monoisotopic (exact) mass is 435 g/mol. The minimum atomic E-state index is -0.504. The number of halogens is 1. The van der Waals surface area contributed by atoms with E-state index in [0.717, 1.165) is 0 Å². The lowest BCUT2D eigenvalue weighted by Gasteiger charge is -2.13. The van der Waals surface area contributed by atoms with Crippen LogP contribution in [0, 0.1) is 10.1 Å². The predicted molar refractivity (Wildman–Crippen MR) is 114 cm³/mol. The highest BCUT2D eigenvalue weighted by molar-refractivity contribution is 7.80. The Morgan fingerprint density at radius 1 is 1.24 bits per heavy atom. The number of carbonyl (C=O) groups is 1. The van der Waals surface area contributed by atoms with Crippen LogP contribution in [-0.2, 0) is 11.3 Å². The SMILES string of the molecule is COc1cc(Cl)c(CNC(=S)NC(=O)/C=C/c2cccc([N+](=O)[O-])c2)cc1OC. The van der Waals surface area contributed by atoms with Crippen molar-refractivity contribution in [1.29, 1.82) is 0 Å². The average Bonchev–Trinajstić information content (AvgIpc) is 2.71. The van der Waals surface area contributed by atoms with Crippen molar-refractivity contribution in [3.8, 4) is 11.5 Å². The van der Waals surface area contributed by atoms with Gasteiger partial charge in [-0.05, 0) is 35.5 Å². The summed E-state index contributed by atoms with van der Waals surface area (Å²) < 4.78 is 10.4. The van der Waals surface area contributed by atoms with Crippen LogP contribution >= 0.6 is 23.8 Å². The molecule has 0 aliphatic rings. The zero-order valence-electron chi connectivity index (χ0n) is 15.6. The highest BCUT2D eigenvalue weighted by atomic mass is 35.5. The molecule has 0 aliphatic heterocycles. The molecule has 0 radical (unpaired) electrons. The molecule has 0 unspecified atom stereocenters. The van der Waals surface area contributed by atoms with Gasteiger partial charge in [0.15, 0.2) is 16.6 Å². The van der Waals surface area contributed by atoms with Gasteiger partial charge in [0.1, 0.15) is 0 Å². The van der Waals surface area contributed by atoms with Crippen LogP contribution in [0.2, 0.25) is 5.02 Å². The van der Waals surface area contributed by atoms with Crippen molar-refractivity contribution in [2.45, 2.75) is 6.54 Å². The van der Waals surface area contributed by atoms with E-state index in [-0.39, 0.29) is 17.3 Å². The van der Waals surface area contributed by atoms with Gasteiger partial charge in [-0.15, -0.1) is 0 Å². The number of nitro groups is 1. The zero-order valence-corrected chi connectivity index (χ0v) is 17.2. The molecule has 0 bridgehead atoms. The van der Waals surface area contributed by atoms with Gasteiger partial charge in [-0.25, -0.2) is 0 Å². The summed E-state index contributed by atoms with van der Waals surface area (Å²) in [6, 6.07) is 9.25. The van der Waals surface area contributed by atoms with Crippen LogP contribution in [0.15, 0.2) is 42.5 Å². The number of benzene rings is 2. The number of nitro benzene ring substituents is 1. The van der Waals surface area contributed by atoms with Crippen molar-refractivity contribution in [1.82, 2.24) is 10.6 Å². The van der Waals surface area contributed by atoms with Gasteiger partial charge in [0, 0.05) is 35.8 Å². The number of thiocarbonyl (C=S) groups is 1. The first-order valence-electron chi connectivity index (χ1n) is 8.25. The van der Waals surface area contributed by atoms with Gasteiger partial charge in [-0.1, -0.05) is 23.7 Å². The number of methoxy groups -OCH3 is 2. The van der Waals surface area contributed by atoms with Crippen molar-refractivity contribution >= 4 is 46.6 Å². The smallest absolute Gasteiger partial charge is 0.270 e. The Morgan fingerprint density at radius 2 is 1.93 bits per heavy atom. The van der Waals surface area contributed by atoms with E-state index in [9.17, 15) is 14.9 Å². The molecule has 0 aliphatic carbocycles. The van der Waals surface area contributed by atoms with E-state index in [2.05, 4.69) is 10.6 Å². The second-order valence-electron chi connectivity index (χ2n) is 5.66. The van der Waals surface area contributed by atoms with Crippen molar-refractivity contribution in [3.05, 3.63) is 68.7 Å². The number of hydrogen-bond donors (Lipinski definition) is 2. The molecule has 0 atom stereocenters. The lowest BCUT2D eigenvalue weighted by molar-refractivity contribution is -0.384. The molecule has 0 saturated heterocycles. The molecule has 0 fully saturated rings. The van der Waals surface area contributed by atoms with E-state index < -0.39 is 10.8 Å². The van der Waals surface area contributed by atoms with Crippen molar-refractivity contribution < 1.29 is 19.2 Å². The van der Waals surface area contributed by atoms with Crippen LogP contribution in [0.4, 0.5) is 5.69 Å². The number of amides is 1. The fraction of sp³-hybridized carbons (Fsp3) is 0.158. The Bertz CT molecular complexity index is 965. The maximum atomic E-state index is 12.0. The minimum absolute atomic E-state index is 0.0588. The largest absolute Gasteiger partial charge is 0.493 e. The van der Waals surface area contributed by atoms with Crippen molar-refractivity contribution in [2.24, 2.45) is 0 Å². The van der Waals surface area contributed by atoms with E-state index >= 15 is 0 Å². The molecule has 8 nitrogen and oxygen atoms in total. The number of nitrogens with zero attached hydrogens (tertiary/aromatic N) is 1. The Labute approximate surface area is 177 Å². The number of hydrogen-bond acceptors (Lipinski definition) is 6. The third kappa shape index (κ3) is 6.44. The maximum Gasteiger partial charge on any atom is 0.270 e. The molecule has 2 aromatic carbocycles. The van der Waals surface area contributed by atoms with Gasteiger partial charge in [0.25, 0.3) is 5.69 Å². The van der Waals surface area contributed by atoms with Crippen LogP contribution in [0.1, 0.15) is 11.1 Å². The van der Waals surface area contributed by atoms with Crippen molar-refractivity contribution in [3.63, 3.8) is 0 Å². The Kier molecular flexibility index (Phi) is 7.93. The van der Waals surface area contributed by atoms with Crippen molar-refractivity contribution in [2.75, 3.05) is 14.2 Å². The molecule has 152 valence electrons. The number of ether oxygens (including phenoxy) is 2. The summed E-state index contributed by atoms with van der Waals surface area (Å²) in [7, 11) is 3.03. The zero-order chi connectivity index (χ0) is 21.4. The lowest BCUT2D eigenvalue weighted by Crippen LogP contribution is -2.38. The van der Waals surface area contributed by atoms with Crippen LogP contribution in [0.25, 0.3) is 6.08 Å². The molecule has 10 heteroatoms. The average molecular weight is 436 g/mol. The summed E-state index contributed by atoms with van der Waals surface area (Å²) in [5.41, 5.74) is 1.16. The Hall–Kier alpha value is -3.17. The molecule has 0 aromatic heterocycles. The molecule has 2 N–H and O–H groups in total. The summed E-state index contributed by atoms with van der Waals surface area (Å²) in [6.45, 7) is 0.257. The molecule has 1 amide bonds. The molecule has 29 heavy (non-hydrogen) atoms. The van der Waals surface area contributed by atoms with Gasteiger partial charge in [-0.3, -0.25) is 20.2 Å². The predicted octanol–water partition coefficient (Wildman–Crippen LogP) is 3.47. The summed E-state index contributed by atoms with van der Waals surface area (Å²) in [5.74, 6) is 0.541. The third-order valence-electron chi connectivity index (χ3n) is 3.74. The second-order valence-corrected chi connectivity index (χ2v) is 6.47. The van der Waals surface area contributed by atoms with Gasteiger partial charge in [0.05, 0.1) is 19.1 Å². The van der Waals surface area contributed by atoms with Crippen LogP contribution in [-0.4, -0.2) is 30.2 Å². The van der Waals surface area contributed by atoms with Gasteiger partial charge < -0.3 is 14.8 Å². The normalized spacial score (nSPS) is 10.4. The van der Waals surface area contributed by atoms with Crippen LogP contribution in [0.5, 0.6) is 11.5 Å². The first-order valence-corrected chi connectivity index (χ1v) is 9.04. The molecule has 2 rings (SSSR count). The first-order chi connectivity index (χ1) is 13.8. The summed E-state index contributed by atoms with van der Waals surface area (Å²) >= 11 is 11.3. The summed E-state index contributed by atoms with van der Waals surface area (Å²) in [4.78, 5) is 22.3. The van der Waals surface area contributed by atoms with Crippen LogP contribution in [0.3, 0.4) is 0 Å². The molecule has 0 heterocycles. The van der Waals surface area contributed by atoms with E-state index in [0.29, 0.717) is 27.6 Å². The topological polar surface area (TPSA) is 103 Å². The molecule has 2 aromatic rings. The lowest BCUT2D eigenvalue weighted by atomic mass is 10.2. The van der Waals surface area contributed by atoms with Gasteiger partial charge >= 0.3 is 0 Å². The van der Waals surface area contributed by atoms with Crippen LogP contribution < -0.4 is 20.1 Å². The fourth-order valence-electron chi connectivity index (χ4n) is 2.32.